The second-order valence-electron chi connectivity index (χ2n) is 7.92. The summed E-state index contributed by atoms with van der Waals surface area (Å²) in [6, 6.07) is 1.95. The van der Waals surface area contributed by atoms with Crippen molar-refractivity contribution in [2.24, 2.45) is 5.92 Å². The van der Waals surface area contributed by atoms with Crippen molar-refractivity contribution in [1.82, 2.24) is 24.4 Å². The molecule has 8 heteroatoms. The molecule has 3 heterocycles. The van der Waals surface area contributed by atoms with Gasteiger partial charge in [0.15, 0.2) is 5.65 Å². The molecule has 8 nitrogen and oxygen atoms in total. The van der Waals surface area contributed by atoms with E-state index in [9.17, 15) is 9.90 Å². The highest BCUT2D eigenvalue weighted by molar-refractivity contribution is 6.01. The molecule has 0 bridgehead atoms. The number of amides is 1. The fraction of sp³-hybridized carbons (Fsp3) is 0.650. The predicted molar refractivity (Wildman–Crippen MR) is 106 cm³/mol. The second-order valence-corrected chi connectivity index (χ2v) is 7.92. The van der Waals surface area contributed by atoms with Gasteiger partial charge in [-0.2, -0.15) is 5.10 Å². The van der Waals surface area contributed by atoms with Gasteiger partial charge < -0.3 is 20.0 Å². The maximum atomic E-state index is 13.2. The summed E-state index contributed by atoms with van der Waals surface area (Å²) in [4.78, 5) is 21.5. The summed E-state index contributed by atoms with van der Waals surface area (Å²) in [5.41, 5.74) is 3.71. The van der Waals surface area contributed by atoms with Crippen molar-refractivity contribution in [1.29, 1.82) is 0 Å². The van der Waals surface area contributed by atoms with E-state index in [1.165, 1.54) is 0 Å². The average Bonchev–Trinajstić information content (AvgIpc) is 2.97. The van der Waals surface area contributed by atoms with Crippen molar-refractivity contribution in [2.75, 3.05) is 39.8 Å². The molecule has 1 amide bonds. The number of aromatic nitrogens is 3. The average molecular weight is 390 g/mol. The molecule has 2 N–H and O–H groups in total. The summed E-state index contributed by atoms with van der Waals surface area (Å²) in [6.45, 7) is 8.14. The van der Waals surface area contributed by atoms with Gasteiger partial charge in [0.25, 0.3) is 5.91 Å². The number of piperidine rings is 1. The highest BCUT2D eigenvalue weighted by atomic mass is 16.3. The van der Waals surface area contributed by atoms with Crippen molar-refractivity contribution < 1.29 is 15.0 Å². The Labute approximate surface area is 165 Å². The Morgan fingerprint density at radius 3 is 2.64 bits per heavy atom. The molecule has 0 aromatic carbocycles. The van der Waals surface area contributed by atoms with Crippen LogP contribution in [0.1, 0.15) is 40.3 Å². The SMILES string of the molecule is Cc1cc(C)n2nc(C)c(C(=O)N3CCC(C(O)CN(C)CCO)CC3)c2n1. The minimum absolute atomic E-state index is 0.0321. The number of likely N-dealkylation sites (N-methyl/N-ethyl adjacent to an activating group) is 1. The first-order chi connectivity index (χ1) is 13.3. The molecule has 0 radical (unpaired) electrons. The van der Waals surface area contributed by atoms with E-state index < -0.39 is 6.10 Å². The first kappa shape index (κ1) is 20.7. The Balaban J connectivity index is 1.69. The minimum atomic E-state index is -0.445. The second kappa shape index (κ2) is 8.55. The first-order valence-corrected chi connectivity index (χ1v) is 9.92. The molecule has 28 heavy (non-hydrogen) atoms. The van der Waals surface area contributed by atoms with Crippen molar-refractivity contribution >= 4 is 11.6 Å². The highest BCUT2D eigenvalue weighted by Crippen LogP contribution is 2.25. The number of carbonyl (C=O) groups is 1. The van der Waals surface area contributed by atoms with E-state index in [-0.39, 0.29) is 18.4 Å². The van der Waals surface area contributed by atoms with Crippen LogP contribution in [0, 0.1) is 26.7 Å². The summed E-state index contributed by atoms with van der Waals surface area (Å²) in [5, 5.41) is 24.0. The van der Waals surface area contributed by atoms with Crippen LogP contribution >= 0.6 is 0 Å². The molecule has 1 fully saturated rings. The standard InChI is InChI=1S/C20H31N5O3/c1-13-11-14(2)25-19(21-13)18(15(3)22-25)20(28)24-7-5-16(6-8-24)17(27)12-23(4)9-10-26/h11,16-17,26-27H,5-10,12H2,1-4H3. The summed E-state index contributed by atoms with van der Waals surface area (Å²) < 4.78 is 1.74. The zero-order chi connectivity index (χ0) is 20.4. The maximum absolute atomic E-state index is 13.2. The van der Waals surface area contributed by atoms with Crippen LogP contribution in [-0.4, -0.2) is 86.5 Å². The Morgan fingerprint density at radius 2 is 2.00 bits per heavy atom. The number of hydrogen-bond donors (Lipinski definition) is 2. The summed E-state index contributed by atoms with van der Waals surface area (Å²) in [7, 11) is 1.89. The van der Waals surface area contributed by atoms with Gasteiger partial charge in [-0.1, -0.05) is 0 Å². The number of aryl methyl sites for hydroxylation is 3. The number of likely N-dealkylation sites (tertiary alicyclic amines) is 1. The van der Waals surface area contributed by atoms with E-state index in [0.717, 1.165) is 24.2 Å². The van der Waals surface area contributed by atoms with E-state index in [2.05, 4.69) is 10.1 Å². The van der Waals surface area contributed by atoms with Crippen LogP contribution in [0.4, 0.5) is 0 Å². The molecule has 3 rings (SSSR count). The van der Waals surface area contributed by atoms with E-state index in [0.29, 0.717) is 43.1 Å². The lowest BCUT2D eigenvalue weighted by Crippen LogP contribution is -2.44. The van der Waals surface area contributed by atoms with Crippen molar-refractivity contribution in [3.63, 3.8) is 0 Å². The lowest BCUT2D eigenvalue weighted by atomic mass is 9.90. The van der Waals surface area contributed by atoms with Gasteiger partial charge in [-0.25, -0.2) is 9.50 Å². The van der Waals surface area contributed by atoms with Gasteiger partial charge in [-0.15, -0.1) is 0 Å². The van der Waals surface area contributed by atoms with Crippen LogP contribution < -0.4 is 0 Å². The number of aliphatic hydroxyl groups excluding tert-OH is 2. The van der Waals surface area contributed by atoms with Gasteiger partial charge in [-0.05, 0) is 52.6 Å². The topological polar surface area (TPSA) is 94.2 Å². The monoisotopic (exact) mass is 389 g/mol. The molecule has 0 aliphatic carbocycles. The number of aliphatic hydroxyl groups is 2. The Kier molecular flexibility index (Phi) is 6.32. The number of fused-ring (bicyclic) bond motifs is 1. The molecule has 1 unspecified atom stereocenters. The molecule has 0 spiro atoms. The Bertz CT molecular complexity index is 842. The van der Waals surface area contributed by atoms with Crippen molar-refractivity contribution in [3.05, 3.63) is 28.7 Å². The smallest absolute Gasteiger partial charge is 0.259 e. The van der Waals surface area contributed by atoms with E-state index >= 15 is 0 Å². The summed E-state index contributed by atoms with van der Waals surface area (Å²) >= 11 is 0. The fourth-order valence-electron chi connectivity index (χ4n) is 4.05. The van der Waals surface area contributed by atoms with E-state index in [4.69, 9.17) is 5.11 Å². The van der Waals surface area contributed by atoms with Crippen LogP contribution in [0.15, 0.2) is 6.07 Å². The summed E-state index contributed by atoms with van der Waals surface area (Å²) in [5.74, 6) is 0.133. The molecule has 2 aromatic heterocycles. The van der Waals surface area contributed by atoms with Gasteiger partial charge in [0.05, 0.1) is 18.4 Å². The predicted octanol–water partition coefficient (Wildman–Crippen LogP) is 0.792. The molecule has 1 aliphatic rings. The Morgan fingerprint density at radius 1 is 1.32 bits per heavy atom. The van der Waals surface area contributed by atoms with Gasteiger partial charge >= 0.3 is 0 Å². The lowest BCUT2D eigenvalue weighted by Gasteiger charge is -2.35. The number of nitrogens with zero attached hydrogens (tertiary/aromatic N) is 5. The summed E-state index contributed by atoms with van der Waals surface area (Å²) in [6.07, 6.45) is 1.09. The number of hydrogen-bond acceptors (Lipinski definition) is 6. The zero-order valence-corrected chi connectivity index (χ0v) is 17.2. The van der Waals surface area contributed by atoms with Gasteiger partial charge in [0, 0.05) is 37.6 Å². The van der Waals surface area contributed by atoms with Crippen LogP contribution in [-0.2, 0) is 0 Å². The molecular weight excluding hydrogens is 358 g/mol. The normalized spacial score (nSPS) is 16.9. The largest absolute Gasteiger partial charge is 0.395 e. The van der Waals surface area contributed by atoms with Crippen LogP contribution in [0.3, 0.4) is 0 Å². The van der Waals surface area contributed by atoms with Crippen LogP contribution in [0.2, 0.25) is 0 Å². The highest BCUT2D eigenvalue weighted by Gasteiger charge is 2.31. The third-order valence-electron chi connectivity index (χ3n) is 5.64. The van der Waals surface area contributed by atoms with Crippen molar-refractivity contribution in [2.45, 2.75) is 39.7 Å². The molecule has 1 atom stereocenters. The van der Waals surface area contributed by atoms with Gasteiger partial charge in [0.1, 0.15) is 5.56 Å². The van der Waals surface area contributed by atoms with Crippen molar-refractivity contribution in [3.8, 4) is 0 Å². The number of carbonyl (C=O) groups excluding carboxylic acids is 1. The minimum Gasteiger partial charge on any atom is -0.395 e. The lowest BCUT2D eigenvalue weighted by molar-refractivity contribution is 0.0307. The Hall–Kier alpha value is -2.03. The number of rotatable bonds is 6. The van der Waals surface area contributed by atoms with E-state index in [1.807, 2.05) is 43.7 Å². The third-order valence-corrected chi connectivity index (χ3v) is 5.64. The zero-order valence-electron chi connectivity index (χ0n) is 17.2. The quantitative estimate of drug-likeness (QED) is 0.759. The first-order valence-electron chi connectivity index (χ1n) is 9.92. The molecule has 0 saturated carbocycles. The third kappa shape index (κ3) is 4.19. The fourth-order valence-corrected chi connectivity index (χ4v) is 4.05. The molecule has 1 aliphatic heterocycles. The maximum Gasteiger partial charge on any atom is 0.259 e. The molecular formula is C20H31N5O3. The van der Waals surface area contributed by atoms with E-state index in [1.54, 1.807) is 4.52 Å². The van der Waals surface area contributed by atoms with Gasteiger partial charge in [-0.3, -0.25) is 4.79 Å². The molecule has 154 valence electrons. The molecule has 1 saturated heterocycles. The molecule has 2 aromatic rings. The van der Waals surface area contributed by atoms with Crippen LogP contribution in [0.25, 0.3) is 5.65 Å². The van der Waals surface area contributed by atoms with Gasteiger partial charge in [0.2, 0.25) is 0 Å². The van der Waals surface area contributed by atoms with Crippen LogP contribution in [0.5, 0.6) is 0 Å².